The molecule has 2 N–H and O–H groups in total. The number of hydrogen-bond donors (Lipinski definition) is 2. The Kier molecular flexibility index (Phi) is 6.11. The first-order valence-corrected chi connectivity index (χ1v) is 10.4. The van der Waals surface area contributed by atoms with Gasteiger partial charge in [0.15, 0.2) is 11.5 Å². The highest BCUT2D eigenvalue weighted by Gasteiger charge is 2.26. The number of aromatic amines is 1. The average molecular weight is 434 g/mol. The third-order valence-electron chi connectivity index (χ3n) is 5.74. The van der Waals surface area contributed by atoms with Gasteiger partial charge in [-0.25, -0.2) is 5.01 Å². The highest BCUT2D eigenvalue weighted by Crippen LogP contribution is 2.40. The molecule has 1 atom stereocenters. The summed E-state index contributed by atoms with van der Waals surface area (Å²) in [4.78, 5) is 27.8. The summed E-state index contributed by atoms with van der Waals surface area (Å²) in [5.41, 5.74) is 3.29. The molecular weight excluding hydrogens is 408 g/mol. The maximum Gasteiger partial charge on any atom is 0.267 e. The number of amides is 2. The van der Waals surface area contributed by atoms with Crippen LogP contribution in [0.3, 0.4) is 0 Å². The highest BCUT2D eigenvalue weighted by atomic mass is 16.5. The summed E-state index contributed by atoms with van der Waals surface area (Å²) in [6, 6.07) is 13.8. The first kappa shape index (κ1) is 21.4. The Morgan fingerprint density at radius 2 is 1.94 bits per heavy atom. The lowest BCUT2D eigenvalue weighted by atomic mass is 9.89. The van der Waals surface area contributed by atoms with Crippen LogP contribution in [0.4, 0.5) is 0 Å². The van der Waals surface area contributed by atoms with Crippen LogP contribution < -0.4 is 14.8 Å². The number of benzene rings is 2. The molecule has 2 heterocycles. The number of carbonyl (C=O) groups is 2. The first-order chi connectivity index (χ1) is 15.5. The number of methoxy groups -OCH3 is 2. The number of hydrogen-bond acceptors (Lipinski definition) is 5. The third-order valence-corrected chi connectivity index (χ3v) is 5.74. The molecule has 8 heteroatoms. The van der Waals surface area contributed by atoms with Gasteiger partial charge in [0.1, 0.15) is 5.71 Å². The van der Waals surface area contributed by atoms with Gasteiger partial charge >= 0.3 is 0 Å². The normalized spacial score (nSPS) is 14.8. The third kappa shape index (κ3) is 4.03. The maximum absolute atomic E-state index is 12.9. The standard InChI is InChI=1S/C24H26N4O4/c1-28-22(29)12-11-20(27-28)24(30)26-14-18(16-8-6-10-21(31-2)23(16)32-3)17-13-25-19-9-5-4-7-15(17)19/h4-10,13,18,25H,11-12,14H2,1-3H3,(H,26,30)/t18-/m1/s1. The molecule has 0 unspecified atom stereocenters. The van der Waals surface area contributed by atoms with Gasteiger partial charge in [-0.2, -0.15) is 5.10 Å². The molecule has 1 aliphatic rings. The van der Waals surface area contributed by atoms with E-state index in [1.165, 1.54) is 5.01 Å². The van der Waals surface area contributed by atoms with E-state index in [-0.39, 0.29) is 24.2 Å². The number of hydrazone groups is 1. The van der Waals surface area contributed by atoms with Crippen LogP contribution in [0.2, 0.25) is 0 Å². The number of ether oxygens (including phenoxy) is 2. The Hall–Kier alpha value is -3.81. The minimum Gasteiger partial charge on any atom is -0.493 e. The van der Waals surface area contributed by atoms with E-state index in [4.69, 9.17) is 9.47 Å². The second-order valence-corrected chi connectivity index (χ2v) is 7.60. The molecular formula is C24H26N4O4. The predicted octanol–water partition coefficient (Wildman–Crippen LogP) is 3.04. The van der Waals surface area contributed by atoms with E-state index in [0.717, 1.165) is 22.0 Å². The van der Waals surface area contributed by atoms with Crippen LogP contribution in [0, 0.1) is 0 Å². The number of rotatable bonds is 7. The maximum atomic E-state index is 12.9. The molecule has 32 heavy (non-hydrogen) atoms. The monoisotopic (exact) mass is 434 g/mol. The van der Waals surface area contributed by atoms with Crippen molar-refractivity contribution in [3.63, 3.8) is 0 Å². The van der Waals surface area contributed by atoms with Crippen LogP contribution in [0.25, 0.3) is 10.9 Å². The minimum absolute atomic E-state index is 0.0978. The SMILES string of the molecule is COc1cccc([C@@H](CNC(=O)C2=NN(C)C(=O)CC2)c2c[nH]c3ccccc23)c1OC. The summed E-state index contributed by atoms with van der Waals surface area (Å²) in [6.45, 7) is 0.320. The summed E-state index contributed by atoms with van der Waals surface area (Å²) >= 11 is 0. The average Bonchev–Trinajstić information content (AvgIpc) is 3.24. The van der Waals surface area contributed by atoms with E-state index in [1.807, 2.05) is 42.6 Å². The molecule has 4 rings (SSSR count). The van der Waals surface area contributed by atoms with Gasteiger partial charge in [0, 0.05) is 55.0 Å². The van der Waals surface area contributed by atoms with Crippen LogP contribution in [0.15, 0.2) is 53.8 Å². The Morgan fingerprint density at radius 3 is 2.69 bits per heavy atom. The molecule has 0 spiro atoms. The van der Waals surface area contributed by atoms with Gasteiger partial charge in [0.05, 0.1) is 14.2 Å². The van der Waals surface area contributed by atoms with Crippen molar-refractivity contribution in [2.45, 2.75) is 18.8 Å². The Bertz CT molecular complexity index is 1180. The fourth-order valence-corrected chi connectivity index (χ4v) is 4.09. The van der Waals surface area contributed by atoms with E-state index in [2.05, 4.69) is 21.5 Å². The van der Waals surface area contributed by atoms with E-state index in [1.54, 1.807) is 21.3 Å². The number of nitrogens with zero attached hydrogens (tertiary/aromatic N) is 2. The van der Waals surface area contributed by atoms with Crippen molar-refractivity contribution in [3.8, 4) is 11.5 Å². The summed E-state index contributed by atoms with van der Waals surface area (Å²) in [5.74, 6) is 0.664. The van der Waals surface area contributed by atoms with E-state index < -0.39 is 0 Å². The van der Waals surface area contributed by atoms with Gasteiger partial charge in [-0.1, -0.05) is 30.3 Å². The van der Waals surface area contributed by atoms with E-state index in [9.17, 15) is 9.59 Å². The number of carbonyl (C=O) groups excluding carboxylic acids is 2. The molecule has 2 amide bonds. The molecule has 0 bridgehead atoms. The molecule has 0 radical (unpaired) electrons. The zero-order chi connectivity index (χ0) is 22.7. The number of aromatic nitrogens is 1. The van der Waals surface area contributed by atoms with Crippen molar-refractivity contribution in [2.24, 2.45) is 5.10 Å². The molecule has 0 aliphatic carbocycles. The summed E-state index contributed by atoms with van der Waals surface area (Å²) in [5, 5.41) is 9.42. The van der Waals surface area contributed by atoms with Crippen LogP contribution in [0.1, 0.15) is 29.9 Å². The predicted molar refractivity (Wildman–Crippen MR) is 122 cm³/mol. The fraction of sp³-hybridized carbons (Fsp3) is 0.292. The number of fused-ring (bicyclic) bond motifs is 1. The zero-order valence-electron chi connectivity index (χ0n) is 18.3. The van der Waals surface area contributed by atoms with Crippen molar-refractivity contribution < 1.29 is 19.1 Å². The van der Waals surface area contributed by atoms with Gasteiger partial charge in [-0.05, 0) is 17.7 Å². The van der Waals surface area contributed by atoms with Crippen molar-refractivity contribution in [3.05, 3.63) is 59.8 Å². The largest absolute Gasteiger partial charge is 0.493 e. The number of para-hydroxylation sites is 2. The Morgan fingerprint density at radius 1 is 1.12 bits per heavy atom. The van der Waals surface area contributed by atoms with Gasteiger partial charge in [0.25, 0.3) is 5.91 Å². The van der Waals surface area contributed by atoms with Gasteiger partial charge < -0.3 is 19.8 Å². The number of H-pyrrole nitrogens is 1. The molecule has 0 saturated carbocycles. The molecule has 1 aromatic heterocycles. The second-order valence-electron chi connectivity index (χ2n) is 7.60. The molecule has 8 nitrogen and oxygen atoms in total. The quantitative estimate of drug-likeness (QED) is 0.597. The van der Waals surface area contributed by atoms with Crippen molar-refractivity contribution in [2.75, 3.05) is 27.8 Å². The van der Waals surface area contributed by atoms with E-state index >= 15 is 0 Å². The van der Waals surface area contributed by atoms with E-state index in [0.29, 0.717) is 30.2 Å². The van der Waals surface area contributed by atoms with Crippen molar-refractivity contribution in [1.29, 1.82) is 0 Å². The smallest absolute Gasteiger partial charge is 0.267 e. The molecule has 166 valence electrons. The summed E-state index contributed by atoms with van der Waals surface area (Å²) < 4.78 is 11.2. The zero-order valence-corrected chi connectivity index (χ0v) is 18.3. The molecule has 2 aromatic carbocycles. The van der Waals surface area contributed by atoms with Crippen LogP contribution in [-0.4, -0.2) is 55.3 Å². The first-order valence-electron chi connectivity index (χ1n) is 10.4. The fourth-order valence-electron chi connectivity index (χ4n) is 4.09. The van der Waals surface area contributed by atoms with Gasteiger partial charge in [0.2, 0.25) is 5.91 Å². The number of nitrogens with one attached hydrogen (secondary N) is 2. The van der Waals surface area contributed by atoms with Crippen LogP contribution in [-0.2, 0) is 9.59 Å². The summed E-state index contributed by atoms with van der Waals surface area (Å²) in [6.07, 6.45) is 2.57. The molecule has 0 fully saturated rings. The topological polar surface area (TPSA) is 96.0 Å². The van der Waals surface area contributed by atoms with Gasteiger partial charge in [-0.15, -0.1) is 0 Å². The van der Waals surface area contributed by atoms with Crippen LogP contribution >= 0.6 is 0 Å². The van der Waals surface area contributed by atoms with Crippen molar-refractivity contribution in [1.82, 2.24) is 15.3 Å². The Labute approximate surface area is 186 Å². The Balaban J connectivity index is 1.70. The lowest BCUT2D eigenvalue weighted by Crippen LogP contribution is -2.39. The lowest BCUT2D eigenvalue weighted by molar-refractivity contribution is -0.130. The molecule has 3 aromatic rings. The molecule has 0 saturated heterocycles. The van der Waals surface area contributed by atoms with Gasteiger partial charge in [-0.3, -0.25) is 9.59 Å². The van der Waals surface area contributed by atoms with Crippen molar-refractivity contribution >= 4 is 28.4 Å². The highest BCUT2D eigenvalue weighted by molar-refractivity contribution is 6.39. The second kappa shape index (κ2) is 9.13. The lowest BCUT2D eigenvalue weighted by Gasteiger charge is -2.23. The summed E-state index contributed by atoms with van der Waals surface area (Å²) in [7, 11) is 4.77. The van der Waals surface area contributed by atoms with Crippen LogP contribution in [0.5, 0.6) is 11.5 Å². The molecule has 1 aliphatic heterocycles. The minimum atomic E-state index is -0.281.